The number of anilines is 2. The molecule has 1 heterocycles. The maximum Gasteiger partial charge on any atom is 0.313 e. The summed E-state index contributed by atoms with van der Waals surface area (Å²) in [5, 5.41) is 9.84. The van der Waals surface area contributed by atoms with Gasteiger partial charge in [0.25, 0.3) is 0 Å². The predicted molar refractivity (Wildman–Crippen MR) is 61.1 cm³/mol. The van der Waals surface area contributed by atoms with Crippen molar-refractivity contribution in [3.05, 3.63) is 10.4 Å². The van der Waals surface area contributed by atoms with Crippen LogP contribution in [0.1, 0.15) is 30.2 Å². The molecule has 4 nitrogen and oxygen atoms in total. The van der Waals surface area contributed by atoms with Gasteiger partial charge in [0.05, 0.1) is 11.1 Å². The van der Waals surface area contributed by atoms with Gasteiger partial charge >= 0.3 is 5.97 Å². The van der Waals surface area contributed by atoms with Crippen molar-refractivity contribution in [3.63, 3.8) is 0 Å². The number of carboxylic acids is 1. The highest BCUT2D eigenvalue weighted by Gasteiger charge is 2.42. The van der Waals surface area contributed by atoms with Gasteiger partial charge in [0.1, 0.15) is 5.00 Å². The zero-order valence-corrected chi connectivity index (χ0v) is 9.36. The molecule has 82 valence electrons. The number of carbonyl (C=O) groups is 1. The number of carboxylic acid groups (broad SMARTS) is 1. The summed E-state index contributed by atoms with van der Waals surface area (Å²) in [4.78, 5) is 12.4. The summed E-state index contributed by atoms with van der Waals surface area (Å²) in [6.07, 6.45) is 2.41. The summed E-state index contributed by atoms with van der Waals surface area (Å²) in [5.74, 6) is -0.812. The van der Waals surface area contributed by atoms with Crippen LogP contribution < -0.4 is 11.5 Å². The SMILES string of the molecule is C[C@]1(C(=O)O)CCCc2sc(N)c(N)c21. The molecule has 0 bridgehead atoms. The van der Waals surface area contributed by atoms with Crippen molar-refractivity contribution in [1.82, 2.24) is 0 Å². The number of hydrogen-bond donors (Lipinski definition) is 3. The smallest absolute Gasteiger partial charge is 0.313 e. The van der Waals surface area contributed by atoms with Gasteiger partial charge in [0.15, 0.2) is 0 Å². The minimum atomic E-state index is -0.855. The number of aryl methyl sites for hydroxylation is 1. The molecule has 0 aliphatic heterocycles. The van der Waals surface area contributed by atoms with Crippen LogP contribution in [-0.2, 0) is 16.6 Å². The second kappa shape index (κ2) is 3.13. The van der Waals surface area contributed by atoms with Crippen molar-refractivity contribution < 1.29 is 9.90 Å². The van der Waals surface area contributed by atoms with Crippen LogP contribution in [0.5, 0.6) is 0 Å². The topological polar surface area (TPSA) is 89.3 Å². The molecule has 0 unspecified atom stereocenters. The predicted octanol–water partition coefficient (Wildman–Crippen LogP) is 1.59. The van der Waals surface area contributed by atoms with Gasteiger partial charge in [-0.1, -0.05) is 0 Å². The van der Waals surface area contributed by atoms with Crippen molar-refractivity contribution in [2.45, 2.75) is 31.6 Å². The van der Waals surface area contributed by atoms with E-state index in [4.69, 9.17) is 11.5 Å². The Kier molecular flexibility index (Phi) is 2.15. The van der Waals surface area contributed by atoms with E-state index in [0.717, 1.165) is 23.3 Å². The fourth-order valence-corrected chi connectivity index (χ4v) is 3.40. The van der Waals surface area contributed by atoms with Gasteiger partial charge in [0, 0.05) is 10.4 Å². The minimum absolute atomic E-state index is 0.472. The van der Waals surface area contributed by atoms with E-state index in [1.165, 1.54) is 11.3 Å². The van der Waals surface area contributed by atoms with Gasteiger partial charge in [-0.25, -0.2) is 0 Å². The molecule has 5 heteroatoms. The van der Waals surface area contributed by atoms with Gasteiger partial charge in [-0.05, 0) is 26.2 Å². The van der Waals surface area contributed by atoms with E-state index >= 15 is 0 Å². The molecule has 5 N–H and O–H groups in total. The molecule has 0 amide bonds. The van der Waals surface area contributed by atoms with Crippen LogP contribution in [0.2, 0.25) is 0 Å². The maximum atomic E-state index is 11.3. The Morgan fingerprint density at radius 2 is 2.20 bits per heavy atom. The molecule has 0 radical (unpaired) electrons. The Labute approximate surface area is 91.9 Å². The van der Waals surface area contributed by atoms with Gasteiger partial charge in [-0.3, -0.25) is 4.79 Å². The number of rotatable bonds is 1. The fraction of sp³-hybridized carbons (Fsp3) is 0.500. The van der Waals surface area contributed by atoms with Gasteiger partial charge in [-0.2, -0.15) is 0 Å². The first kappa shape index (κ1) is 10.3. The Morgan fingerprint density at radius 3 is 2.80 bits per heavy atom. The third kappa shape index (κ3) is 1.30. The molecule has 15 heavy (non-hydrogen) atoms. The lowest BCUT2D eigenvalue weighted by Crippen LogP contribution is -2.36. The average Bonchev–Trinajstić information content (AvgIpc) is 2.44. The summed E-state index contributed by atoms with van der Waals surface area (Å²) < 4.78 is 0. The first-order chi connectivity index (χ1) is 6.97. The quantitative estimate of drug-likeness (QED) is 0.678. The highest BCUT2D eigenvalue weighted by molar-refractivity contribution is 7.16. The zero-order valence-electron chi connectivity index (χ0n) is 8.54. The second-order valence-electron chi connectivity index (χ2n) is 4.17. The molecular weight excluding hydrogens is 212 g/mol. The number of thiophene rings is 1. The molecule has 0 saturated heterocycles. The maximum absolute atomic E-state index is 11.3. The first-order valence-electron chi connectivity index (χ1n) is 4.87. The average molecular weight is 226 g/mol. The summed E-state index contributed by atoms with van der Waals surface area (Å²) >= 11 is 1.43. The lowest BCUT2D eigenvalue weighted by molar-refractivity contribution is -0.143. The largest absolute Gasteiger partial charge is 0.481 e. The molecule has 0 fully saturated rings. The number of aliphatic carboxylic acids is 1. The van der Waals surface area contributed by atoms with Gasteiger partial charge in [-0.15, -0.1) is 11.3 Å². The number of nitrogens with two attached hydrogens (primary N) is 2. The van der Waals surface area contributed by atoms with Crippen LogP contribution in [0.15, 0.2) is 0 Å². The molecule has 1 aliphatic carbocycles. The Morgan fingerprint density at radius 1 is 1.53 bits per heavy atom. The molecule has 1 aromatic heterocycles. The summed E-state index contributed by atoms with van der Waals surface area (Å²) in [7, 11) is 0. The van der Waals surface area contributed by atoms with Crippen molar-refractivity contribution in [1.29, 1.82) is 0 Å². The number of nitrogen functional groups attached to an aromatic ring is 2. The summed E-state index contributed by atoms with van der Waals surface area (Å²) in [5.41, 5.74) is 12.0. The van der Waals surface area contributed by atoms with E-state index in [2.05, 4.69) is 0 Å². The molecule has 0 aromatic carbocycles. The van der Waals surface area contributed by atoms with Crippen LogP contribution in [0.25, 0.3) is 0 Å². The second-order valence-corrected chi connectivity index (χ2v) is 5.31. The van der Waals surface area contributed by atoms with Crippen LogP contribution in [0.3, 0.4) is 0 Å². The Hall–Kier alpha value is -1.23. The summed E-state index contributed by atoms with van der Waals surface area (Å²) in [6, 6.07) is 0. The molecular formula is C10H14N2O2S. The van der Waals surface area contributed by atoms with E-state index in [1.807, 2.05) is 0 Å². The molecule has 1 atom stereocenters. The molecule has 1 aliphatic rings. The normalized spacial score (nSPS) is 24.9. The minimum Gasteiger partial charge on any atom is -0.481 e. The molecule has 2 rings (SSSR count). The van der Waals surface area contributed by atoms with Gasteiger partial charge < -0.3 is 16.6 Å². The van der Waals surface area contributed by atoms with Crippen molar-refractivity contribution >= 4 is 28.0 Å². The van der Waals surface area contributed by atoms with Crippen molar-refractivity contribution in [3.8, 4) is 0 Å². The van der Waals surface area contributed by atoms with Crippen LogP contribution in [0.4, 0.5) is 10.7 Å². The fourth-order valence-electron chi connectivity index (χ4n) is 2.23. The monoisotopic (exact) mass is 226 g/mol. The van der Waals surface area contributed by atoms with Crippen LogP contribution in [0, 0.1) is 0 Å². The highest BCUT2D eigenvalue weighted by Crippen LogP contribution is 2.47. The van der Waals surface area contributed by atoms with Crippen molar-refractivity contribution in [2.24, 2.45) is 0 Å². The molecule has 1 aromatic rings. The third-order valence-corrected chi connectivity index (χ3v) is 4.25. The highest BCUT2D eigenvalue weighted by atomic mass is 32.1. The van der Waals surface area contributed by atoms with E-state index in [1.54, 1.807) is 6.92 Å². The van der Waals surface area contributed by atoms with E-state index < -0.39 is 11.4 Å². The van der Waals surface area contributed by atoms with Crippen LogP contribution in [-0.4, -0.2) is 11.1 Å². The van der Waals surface area contributed by atoms with E-state index in [0.29, 0.717) is 17.1 Å². The number of fused-ring (bicyclic) bond motifs is 1. The number of hydrogen-bond acceptors (Lipinski definition) is 4. The Bertz CT molecular complexity index is 427. The Balaban J connectivity index is 2.64. The standard InChI is InChI=1S/C10H14N2O2S/c1-10(9(13)14)4-2-3-5-6(10)7(11)8(12)15-5/h2-4,11-12H2,1H3,(H,13,14)/t10-/m0/s1. The zero-order chi connectivity index (χ0) is 11.2. The third-order valence-electron chi connectivity index (χ3n) is 3.15. The van der Waals surface area contributed by atoms with E-state index in [-0.39, 0.29) is 0 Å². The van der Waals surface area contributed by atoms with Crippen LogP contribution >= 0.6 is 11.3 Å². The van der Waals surface area contributed by atoms with Gasteiger partial charge in [0.2, 0.25) is 0 Å². The van der Waals surface area contributed by atoms with Crippen molar-refractivity contribution in [2.75, 3.05) is 11.5 Å². The lowest BCUT2D eigenvalue weighted by Gasteiger charge is -2.30. The summed E-state index contributed by atoms with van der Waals surface area (Å²) in [6.45, 7) is 1.73. The lowest BCUT2D eigenvalue weighted by atomic mass is 9.73. The van der Waals surface area contributed by atoms with E-state index in [9.17, 15) is 9.90 Å². The molecule has 0 spiro atoms. The first-order valence-corrected chi connectivity index (χ1v) is 5.69. The molecule has 0 saturated carbocycles.